The molecule has 4 rings (SSSR count). The molecule has 30 heavy (non-hydrogen) atoms. The molecule has 2 N–H and O–H groups in total. The third-order valence-electron chi connectivity index (χ3n) is 5.05. The van der Waals surface area contributed by atoms with Gasteiger partial charge < -0.3 is 15.0 Å². The molecule has 3 heterocycles. The summed E-state index contributed by atoms with van der Waals surface area (Å²) in [6, 6.07) is 9.03. The molecule has 9 heteroatoms. The Morgan fingerprint density at radius 1 is 1.23 bits per heavy atom. The summed E-state index contributed by atoms with van der Waals surface area (Å²) in [5, 5.41) is 3.12. The molecule has 9 nitrogen and oxygen atoms in total. The predicted molar refractivity (Wildman–Crippen MR) is 114 cm³/mol. The quantitative estimate of drug-likeness (QED) is 0.662. The molecule has 0 aliphatic carbocycles. The van der Waals surface area contributed by atoms with E-state index >= 15 is 0 Å². The maximum Gasteiger partial charge on any atom is 0.329 e. The molecular formula is C21H23N5O4. The van der Waals surface area contributed by atoms with Crippen LogP contribution in [0, 0.1) is 0 Å². The molecule has 1 aromatic carbocycles. The number of morpholine rings is 1. The topological polar surface area (TPSA) is 109 Å². The number of H-pyrrole nitrogens is 1. The van der Waals surface area contributed by atoms with Gasteiger partial charge in [0.25, 0.3) is 11.5 Å². The molecule has 156 valence electrons. The lowest BCUT2D eigenvalue weighted by molar-refractivity contribution is 0.102. The SMILES string of the molecule is CCCn1c(=O)[nH]c(=O)c2cc(C(=O)Nc3ccccc3N3CCOCC3)cnc21. The number of hydrogen-bond acceptors (Lipinski definition) is 6. The molecular weight excluding hydrogens is 386 g/mol. The number of amides is 1. The zero-order valence-electron chi connectivity index (χ0n) is 16.7. The van der Waals surface area contributed by atoms with Crippen LogP contribution in [0.25, 0.3) is 11.0 Å². The summed E-state index contributed by atoms with van der Waals surface area (Å²) in [4.78, 5) is 46.0. The predicted octanol–water partition coefficient (Wildman–Crippen LogP) is 1.58. The molecule has 3 aromatic rings. The summed E-state index contributed by atoms with van der Waals surface area (Å²) < 4.78 is 6.81. The first-order valence-electron chi connectivity index (χ1n) is 9.94. The number of hydrogen-bond donors (Lipinski definition) is 2. The van der Waals surface area contributed by atoms with Gasteiger partial charge in [-0.1, -0.05) is 19.1 Å². The number of aromatic nitrogens is 3. The fourth-order valence-corrected chi connectivity index (χ4v) is 3.58. The number of benzene rings is 1. The van der Waals surface area contributed by atoms with Gasteiger partial charge in [0.05, 0.1) is 35.5 Å². The van der Waals surface area contributed by atoms with Crippen molar-refractivity contribution in [2.75, 3.05) is 36.5 Å². The highest BCUT2D eigenvalue weighted by atomic mass is 16.5. The second-order valence-corrected chi connectivity index (χ2v) is 7.08. The largest absolute Gasteiger partial charge is 0.378 e. The molecule has 0 unspecified atom stereocenters. The van der Waals surface area contributed by atoms with Crippen LogP contribution in [0.4, 0.5) is 11.4 Å². The van der Waals surface area contributed by atoms with Gasteiger partial charge >= 0.3 is 5.69 Å². The summed E-state index contributed by atoms with van der Waals surface area (Å²) in [6.45, 7) is 5.12. The Morgan fingerprint density at radius 3 is 2.77 bits per heavy atom. The molecule has 0 radical (unpaired) electrons. The van der Waals surface area contributed by atoms with E-state index in [0.717, 1.165) is 18.8 Å². The highest BCUT2D eigenvalue weighted by Gasteiger charge is 2.17. The van der Waals surface area contributed by atoms with E-state index in [-0.39, 0.29) is 22.5 Å². The maximum absolute atomic E-state index is 12.9. The van der Waals surface area contributed by atoms with Crippen LogP contribution in [0.2, 0.25) is 0 Å². The smallest absolute Gasteiger partial charge is 0.329 e. The number of carbonyl (C=O) groups excluding carboxylic acids is 1. The van der Waals surface area contributed by atoms with E-state index in [1.165, 1.54) is 16.8 Å². The number of fused-ring (bicyclic) bond motifs is 1. The van der Waals surface area contributed by atoms with Gasteiger partial charge in [-0.05, 0) is 24.6 Å². The Bertz CT molecular complexity index is 1190. The van der Waals surface area contributed by atoms with Crippen molar-refractivity contribution in [2.24, 2.45) is 0 Å². The van der Waals surface area contributed by atoms with Gasteiger partial charge in [0.1, 0.15) is 5.65 Å². The number of anilines is 2. The average molecular weight is 409 g/mol. The zero-order chi connectivity index (χ0) is 21.1. The van der Waals surface area contributed by atoms with Crippen LogP contribution in [0.5, 0.6) is 0 Å². The molecule has 0 spiro atoms. The second-order valence-electron chi connectivity index (χ2n) is 7.08. The fraction of sp³-hybridized carbons (Fsp3) is 0.333. The number of carbonyl (C=O) groups is 1. The normalized spacial score (nSPS) is 14.1. The first kappa shape index (κ1) is 19.8. The molecule has 1 saturated heterocycles. The molecule has 0 atom stereocenters. The molecule has 1 aliphatic rings. The molecule has 2 aromatic heterocycles. The number of nitrogens with one attached hydrogen (secondary N) is 2. The van der Waals surface area contributed by atoms with Crippen molar-refractivity contribution in [3.63, 3.8) is 0 Å². The summed E-state index contributed by atoms with van der Waals surface area (Å²) in [7, 11) is 0. The van der Waals surface area contributed by atoms with Gasteiger partial charge in [-0.15, -0.1) is 0 Å². The van der Waals surface area contributed by atoms with Crippen LogP contribution in [0.3, 0.4) is 0 Å². The van der Waals surface area contributed by atoms with Crippen LogP contribution in [-0.2, 0) is 11.3 Å². The van der Waals surface area contributed by atoms with Gasteiger partial charge in [0, 0.05) is 25.8 Å². The lowest BCUT2D eigenvalue weighted by atomic mass is 10.2. The molecule has 1 amide bonds. The van der Waals surface area contributed by atoms with Crippen molar-refractivity contribution in [1.29, 1.82) is 0 Å². The number of pyridine rings is 1. The monoisotopic (exact) mass is 409 g/mol. The summed E-state index contributed by atoms with van der Waals surface area (Å²) >= 11 is 0. The minimum absolute atomic E-state index is 0.206. The van der Waals surface area contributed by atoms with Crippen molar-refractivity contribution < 1.29 is 9.53 Å². The number of nitrogens with zero attached hydrogens (tertiary/aromatic N) is 3. The van der Waals surface area contributed by atoms with Crippen molar-refractivity contribution in [3.05, 3.63) is 62.9 Å². The summed E-state index contributed by atoms with van der Waals surface area (Å²) in [5.74, 6) is -0.377. The van der Waals surface area contributed by atoms with Gasteiger partial charge in [-0.25, -0.2) is 9.78 Å². The highest BCUT2D eigenvalue weighted by Crippen LogP contribution is 2.27. The molecule has 1 aliphatic heterocycles. The lowest BCUT2D eigenvalue weighted by Gasteiger charge is -2.30. The summed E-state index contributed by atoms with van der Waals surface area (Å²) in [6.07, 6.45) is 2.10. The van der Waals surface area contributed by atoms with Gasteiger partial charge in [0.2, 0.25) is 0 Å². The first-order chi connectivity index (χ1) is 14.6. The van der Waals surface area contributed by atoms with Gasteiger partial charge in [-0.2, -0.15) is 0 Å². The highest BCUT2D eigenvalue weighted by molar-refractivity contribution is 6.07. The number of aryl methyl sites for hydroxylation is 1. The van der Waals surface area contributed by atoms with E-state index in [1.54, 1.807) is 0 Å². The zero-order valence-corrected chi connectivity index (χ0v) is 16.7. The van der Waals surface area contributed by atoms with Crippen LogP contribution < -0.4 is 21.5 Å². The minimum Gasteiger partial charge on any atom is -0.378 e. The van der Waals surface area contributed by atoms with Gasteiger partial charge in [0.15, 0.2) is 0 Å². The first-order valence-corrected chi connectivity index (χ1v) is 9.94. The minimum atomic E-state index is -0.557. The number of aromatic amines is 1. The summed E-state index contributed by atoms with van der Waals surface area (Å²) in [5.41, 5.74) is 1.05. The standard InChI is InChI=1S/C21H23N5O4/c1-2-7-26-18-15(20(28)24-21(26)29)12-14(13-22-18)19(27)23-16-5-3-4-6-17(16)25-8-10-30-11-9-25/h3-6,12-13H,2,7-11H2,1H3,(H,23,27)(H,24,28,29). The average Bonchev–Trinajstić information content (AvgIpc) is 2.77. The Hall–Kier alpha value is -3.46. The van der Waals surface area contributed by atoms with E-state index < -0.39 is 11.2 Å². The van der Waals surface area contributed by atoms with Crippen molar-refractivity contribution in [3.8, 4) is 0 Å². The lowest BCUT2D eigenvalue weighted by Crippen LogP contribution is -2.36. The number of para-hydroxylation sites is 2. The Morgan fingerprint density at radius 2 is 2.00 bits per heavy atom. The Balaban J connectivity index is 1.66. The van der Waals surface area contributed by atoms with Crippen LogP contribution in [0.1, 0.15) is 23.7 Å². The maximum atomic E-state index is 12.9. The Kier molecular flexibility index (Phi) is 5.62. The number of ether oxygens (including phenoxy) is 1. The van der Waals surface area contributed by atoms with Crippen LogP contribution in [-0.4, -0.2) is 46.7 Å². The fourth-order valence-electron chi connectivity index (χ4n) is 3.58. The molecule has 0 saturated carbocycles. The van der Waals surface area contributed by atoms with Crippen molar-refractivity contribution >= 4 is 28.3 Å². The van der Waals surface area contributed by atoms with E-state index in [9.17, 15) is 14.4 Å². The van der Waals surface area contributed by atoms with E-state index in [4.69, 9.17) is 4.74 Å². The van der Waals surface area contributed by atoms with Crippen LogP contribution in [0.15, 0.2) is 46.1 Å². The third kappa shape index (κ3) is 3.84. The molecule has 1 fully saturated rings. The van der Waals surface area contributed by atoms with E-state index in [2.05, 4.69) is 20.2 Å². The van der Waals surface area contributed by atoms with Crippen molar-refractivity contribution in [2.45, 2.75) is 19.9 Å². The van der Waals surface area contributed by atoms with E-state index in [1.807, 2.05) is 31.2 Å². The van der Waals surface area contributed by atoms with E-state index in [0.29, 0.717) is 31.9 Å². The second kappa shape index (κ2) is 8.50. The van der Waals surface area contributed by atoms with Gasteiger partial charge in [-0.3, -0.25) is 19.1 Å². The Labute approximate surface area is 172 Å². The molecule has 0 bridgehead atoms. The number of rotatable bonds is 5. The van der Waals surface area contributed by atoms with Crippen LogP contribution >= 0.6 is 0 Å². The third-order valence-corrected chi connectivity index (χ3v) is 5.05. The van der Waals surface area contributed by atoms with Crippen molar-refractivity contribution in [1.82, 2.24) is 14.5 Å².